The number of aliphatic hydroxyl groups is 1. The second kappa shape index (κ2) is 7.63. The lowest BCUT2D eigenvalue weighted by molar-refractivity contribution is -0.128. The minimum atomic E-state index is -0.382. The number of aliphatic hydroxyl groups excluding tert-OH is 1. The highest BCUT2D eigenvalue weighted by Gasteiger charge is 2.15. The standard InChI is InChI=1S/C12H25N3O2/c1-3-14(2)12(17)9-13-8-11(16)10-15-6-4-5-7-15/h11,13,16H,3-10H2,1-2H3. The van der Waals surface area contributed by atoms with Crippen molar-refractivity contribution in [2.45, 2.75) is 25.9 Å². The van der Waals surface area contributed by atoms with E-state index in [9.17, 15) is 9.90 Å². The maximum atomic E-state index is 11.5. The van der Waals surface area contributed by atoms with Crippen LogP contribution in [0.25, 0.3) is 0 Å². The lowest BCUT2D eigenvalue weighted by Gasteiger charge is -2.20. The number of nitrogens with zero attached hydrogens (tertiary/aromatic N) is 2. The summed E-state index contributed by atoms with van der Waals surface area (Å²) in [6.07, 6.45) is 2.09. The van der Waals surface area contributed by atoms with Crippen LogP contribution in [0.4, 0.5) is 0 Å². The van der Waals surface area contributed by atoms with Gasteiger partial charge in [0.15, 0.2) is 0 Å². The maximum Gasteiger partial charge on any atom is 0.236 e. The van der Waals surface area contributed by atoms with Crippen LogP contribution in [-0.4, -0.2) is 73.2 Å². The number of carbonyl (C=O) groups excluding carboxylic acids is 1. The van der Waals surface area contributed by atoms with Crippen LogP contribution in [0.5, 0.6) is 0 Å². The van der Waals surface area contributed by atoms with Gasteiger partial charge in [0.1, 0.15) is 0 Å². The molecular weight excluding hydrogens is 218 g/mol. The molecule has 1 aliphatic heterocycles. The van der Waals surface area contributed by atoms with Gasteiger partial charge in [-0.2, -0.15) is 0 Å². The van der Waals surface area contributed by atoms with Crippen LogP contribution in [0.3, 0.4) is 0 Å². The molecule has 2 N–H and O–H groups in total. The van der Waals surface area contributed by atoms with Gasteiger partial charge in [0.05, 0.1) is 12.6 Å². The molecule has 0 spiro atoms. The highest BCUT2D eigenvalue weighted by Crippen LogP contribution is 2.07. The van der Waals surface area contributed by atoms with Crippen molar-refractivity contribution in [3.05, 3.63) is 0 Å². The zero-order valence-corrected chi connectivity index (χ0v) is 11.0. The van der Waals surface area contributed by atoms with Gasteiger partial charge >= 0.3 is 0 Å². The number of rotatable bonds is 7. The highest BCUT2D eigenvalue weighted by molar-refractivity contribution is 5.77. The zero-order valence-electron chi connectivity index (χ0n) is 11.0. The molecule has 5 nitrogen and oxygen atoms in total. The third kappa shape index (κ3) is 5.48. The summed E-state index contributed by atoms with van der Waals surface area (Å²) in [6.45, 7) is 6.35. The molecule has 0 bridgehead atoms. The number of hydrogen-bond donors (Lipinski definition) is 2. The van der Waals surface area contributed by atoms with Gasteiger partial charge in [-0.1, -0.05) is 0 Å². The van der Waals surface area contributed by atoms with Crippen LogP contribution in [-0.2, 0) is 4.79 Å². The number of likely N-dealkylation sites (N-methyl/N-ethyl adjacent to an activating group) is 1. The van der Waals surface area contributed by atoms with Crippen molar-refractivity contribution in [2.75, 3.05) is 46.3 Å². The number of β-amino-alcohol motifs (C(OH)–C–C–N with tert-alkyl or cyclic N) is 1. The van der Waals surface area contributed by atoms with Crippen LogP contribution in [0, 0.1) is 0 Å². The molecule has 1 unspecified atom stereocenters. The lowest BCUT2D eigenvalue weighted by atomic mass is 10.3. The van der Waals surface area contributed by atoms with Crippen LogP contribution < -0.4 is 5.32 Å². The Bertz CT molecular complexity index is 230. The summed E-state index contributed by atoms with van der Waals surface area (Å²) in [5.74, 6) is 0.0703. The summed E-state index contributed by atoms with van der Waals surface area (Å²) in [4.78, 5) is 15.4. The van der Waals surface area contributed by atoms with Gasteiger partial charge in [0.2, 0.25) is 5.91 Å². The van der Waals surface area contributed by atoms with Crippen molar-refractivity contribution in [1.82, 2.24) is 15.1 Å². The minimum Gasteiger partial charge on any atom is -0.390 e. The first kappa shape index (κ1) is 14.4. The van der Waals surface area contributed by atoms with Gasteiger partial charge in [0.25, 0.3) is 0 Å². The monoisotopic (exact) mass is 243 g/mol. The molecule has 1 atom stereocenters. The highest BCUT2D eigenvalue weighted by atomic mass is 16.3. The fraction of sp³-hybridized carbons (Fsp3) is 0.917. The molecule has 1 rings (SSSR count). The summed E-state index contributed by atoms with van der Waals surface area (Å²) in [5.41, 5.74) is 0. The Balaban J connectivity index is 2.07. The SMILES string of the molecule is CCN(C)C(=O)CNCC(O)CN1CCCC1. The van der Waals surface area contributed by atoms with E-state index in [0.717, 1.165) is 19.6 Å². The van der Waals surface area contributed by atoms with Gasteiger partial charge in [0, 0.05) is 26.7 Å². The number of likely N-dealkylation sites (tertiary alicyclic amines) is 1. The number of carbonyl (C=O) groups is 1. The Labute approximate surface area is 104 Å². The topological polar surface area (TPSA) is 55.8 Å². The van der Waals surface area contributed by atoms with E-state index in [1.54, 1.807) is 11.9 Å². The molecule has 0 radical (unpaired) electrons. The lowest BCUT2D eigenvalue weighted by Crippen LogP contribution is -2.41. The van der Waals surface area contributed by atoms with Gasteiger partial charge in [-0.15, -0.1) is 0 Å². The first-order valence-electron chi connectivity index (χ1n) is 6.48. The van der Waals surface area contributed by atoms with Crippen molar-refractivity contribution in [3.63, 3.8) is 0 Å². The molecule has 0 aromatic carbocycles. The molecule has 1 saturated heterocycles. The molecule has 0 aromatic heterocycles. The molecule has 1 aliphatic rings. The van der Waals surface area contributed by atoms with Gasteiger partial charge < -0.3 is 20.2 Å². The largest absolute Gasteiger partial charge is 0.390 e. The van der Waals surface area contributed by atoms with Crippen molar-refractivity contribution in [1.29, 1.82) is 0 Å². The van der Waals surface area contributed by atoms with E-state index < -0.39 is 0 Å². The third-order valence-electron chi connectivity index (χ3n) is 3.22. The van der Waals surface area contributed by atoms with Crippen molar-refractivity contribution < 1.29 is 9.90 Å². The molecule has 17 heavy (non-hydrogen) atoms. The Morgan fingerprint density at radius 1 is 1.47 bits per heavy atom. The smallest absolute Gasteiger partial charge is 0.236 e. The first-order chi connectivity index (χ1) is 8.13. The molecule has 0 aromatic rings. The van der Waals surface area contributed by atoms with Crippen molar-refractivity contribution in [3.8, 4) is 0 Å². The Hall–Kier alpha value is -0.650. The first-order valence-corrected chi connectivity index (χ1v) is 6.48. The average Bonchev–Trinajstić information content (AvgIpc) is 2.80. The fourth-order valence-corrected chi connectivity index (χ4v) is 1.98. The number of hydrogen-bond acceptors (Lipinski definition) is 4. The summed E-state index contributed by atoms with van der Waals surface area (Å²) in [7, 11) is 1.78. The van der Waals surface area contributed by atoms with Crippen LogP contribution >= 0.6 is 0 Å². The second-order valence-corrected chi connectivity index (χ2v) is 4.70. The molecular formula is C12H25N3O2. The predicted molar refractivity (Wildman–Crippen MR) is 67.9 cm³/mol. The van der Waals surface area contributed by atoms with E-state index in [2.05, 4.69) is 10.2 Å². The molecule has 0 aliphatic carbocycles. The summed E-state index contributed by atoms with van der Waals surface area (Å²) < 4.78 is 0. The molecule has 0 saturated carbocycles. The van der Waals surface area contributed by atoms with E-state index in [-0.39, 0.29) is 12.0 Å². The van der Waals surface area contributed by atoms with Crippen LogP contribution in [0.15, 0.2) is 0 Å². The van der Waals surface area contributed by atoms with E-state index in [4.69, 9.17) is 0 Å². The molecule has 5 heteroatoms. The Morgan fingerprint density at radius 3 is 2.71 bits per heavy atom. The van der Waals surface area contributed by atoms with Crippen molar-refractivity contribution >= 4 is 5.91 Å². The Morgan fingerprint density at radius 2 is 2.12 bits per heavy atom. The molecule has 1 heterocycles. The van der Waals surface area contributed by atoms with Gasteiger partial charge in [-0.25, -0.2) is 0 Å². The average molecular weight is 243 g/mol. The summed E-state index contributed by atoms with van der Waals surface area (Å²) >= 11 is 0. The maximum absolute atomic E-state index is 11.5. The van der Waals surface area contributed by atoms with E-state index >= 15 is 0 Å². The predicted octanol–water partition coefficient (Wildman–Crippen LogP) is -0.489. The molecule has 1 amide bonds. The van der Waals surface area contributed by atoms with E-state index in [0.29, 0.717) is 19.6 Å². The summed E-state index contributed by atoms with van der Waals surface area (Å²) in [6, 6.07) is 0. The summed E-state index contributed by atoms with van der Waals surface area (Å²) in [5, 5.41) is 12.8. The number of amides is 1. The third-order valence-corrected chi connectivity index (χ3v) is 3.22. The van der Waals surface area contributed by atoms with Crippen LogP contribution in [0.2, 0.25) is 0 Å². The zero-order chi connectivity index (χ0) is 12.7. The van der Waals surface area contributed by atoms with E-state index in [1.807, 2.05) is 6.92 Å². The normalized spacial score (nSPS) is 18.3. The van der Waals surface area contributed by atoms with Gasteiger partial charge in [-0.05, 0) is 32.9 Å². The Kier molecular flexibility index (Phi) is 6.47. The van der Waals surface area contributed by atoms with Crippen LogP contribution in [0.1, 0.15) is 19.8 Å². The van der Waals surface area contributed by atoms with E-state index in [1.165, 1.54) is 12.8 Å². The quantitative estimate of drug-likeness (QED) is 0.633. The second-order valence-electron chi connectivity index (χ2n) is 4.70. The fourth-order valence-electron chi connectivity index (χ4n) is 1.98. The molecule has 100 valence electrons. The minimum absolute atomic E-state index is 0.0703. The van der Waals surface area contributed by atoms with Crippen molar-refractivity contribution in [2.24, 2.45) is 0 Å². The number of nitrogens with one attached hydrogen (secondary N) is 1. The van der Waals surface area contributed by atoms with Gasteiger partial charge in [-0.3, -0.25) is 4.79 Å². The molecule has 1 fully saturated rings.